The van der Waals surface area contributed by atoms with Crippen LogP contribution in [0.5, 0.6) is 11.5 Å². The molecule has 2 aromatic carbocycles. The zero-order valence-electron chi connectivity index (χ0n) is 20.6. The summed E-state index contributed by atoms with van der Waals surface area (Å²) in [5.41, 5.74) is 1.61. The zero-order chi connectivity index (χ0) is 27.1. The van der Waals surface area contributed by atoms with E-state index in [-0.39, 0.29) is 34.5 Å². The van der Waals surface area contributed by atoms with Crippen molar-refractivity contribution in [1.29, 1.82) is 10.5 Å². The SMILES string of the molecule is COc1ccc(C=C(C#N)C(=O)Nc2sc(C(=O)N(C)C)c(C)c2C#N)cc1COc1ccc(F)cc1. The highest BCUT2D eigenvalue weighted by molar-refractivity contribution is 7.18. The maximum atomic E-state index is 13.1. The van der Waals surface area contributed by atoms with Gasteiger partial charge in [0.25, 0.3) is 11.8 Å². The number of thiophene rings is 1. The van der Waals surface area contributed by atoms with Crippen molar-refractivity contribution in [3.63, 3.8) is 0 Å². The molecular formula is C27H23FN4O4S. The first-order chi connectivity index (χ1) is 17.7. The van der Waals surface area contributed by atoms with Gasteiger partial charge >= 0.3 is 0 Å². The molecule has 2 amide bonds. The molecule has 0 radical (unpaired) electrons. The largest absolute Gasteiger partial charge is 0.496 e. The predicted octanol–water partition coefficient (Wildman–Crippen LogP) is 4.90. The summed E-state index contributed by atoms with van der Waals surface area (Å²) in [6, 6.07) is 14.5. The lowest BCUT2D eigenvalue weighted by Gasteiger charge is -2.11. The van der Waals surface area contributed by atoms with Crippen molar-refractivity contribution in [2.45, 2.75) is 13.5 Å². The fourth-order valence-electron chi connectivity index (χ4n) is 3.32. The second-order valence-electron chi connectivity index (χ2n) is 8.01. The van der Waals surface area contributed by atoms with Crippen molar-refractivity contribution in [1.82, 2.24) is 4.90 Å². The van der Waals surface area contributed by atoms with E-state index in [1.807, 2.05) is 12.1 Å². The number of anilines is 1. The number of nitriles is 2. The van der Waals surface area contributed by atoms with Gasteiger partial charge in [0.15, 0.2) is 0 Å². The highest BCUT2D eigenvalue weighted by Gasteiger charge is 2.23. The fourth-order valence-corrected chi connectivity index (χ4v) is 4.50. The van der Waals surface area contributed by atoms with Crippen LogP contribution in [0.4, 0.5) is 9.39 Å². The van der Waals surface area contributed by atoms with Crippen LogP contribution in [-0.2, 0) is 11.4 Å². The Kier molecular flexibility index (Phi) is 8.62. The first kappa shape index (κ1) is 26.9. The Labute approximate surface area is 217 Å². The summed E-state index contributed by atoms with van der Waals surface area (Å²) in [6.07, 6.45) is 1.40. The van der Waals surface area contributed by atoms with Crippen LogP contribution in [0.25, 0.3) is 6.08 Å². The molecule has 0 saturated carbocycles. The molecule has 0 spiro atoms. The molecular weight excluding hydrogens is 495 g/mol. The van der Waals surface area contributed by atoms with Crippen molar-refractivity contribution in [2.75, 3.05) is 26.5 Å². The maximum Gasteiger partial charge on any atom is 0.266 e. The number of benzene rings is 2. The quantitative estimate of drug-likeness (QED) is 0.335. The Bertz CT molecular complexity index is 1450. The third-order valence-corrected chi connectivity index (χ3v) is 6.47. The first-order valence-electron chi connectivity index (χ1n) is 10.9. The van der Waals surface area contributed by atoms with Crippen molar-refractivity contribution in [3.8, 4) is 23.6 Å². The molecule has 0 aliphatic heterocycles. The van der Waals surface area contributed by atoms with Gasteiger partial charge in [-0.1, -0.05) is 6.07 Å². The van der Waals surface area contributed by atoms with Gasteiger partial charge in [-0.05, 0) is 60.5 Å². The third-order valence-electron chi connectivity index (χ3n) is 5.27. The van der Waals surface area contributed by atoms with E-state index >= 15 is 0 Å². The number of ether oxygens (including phenoxy) is 2. The molecule has 1 aromatic heterocycles. The number of amides is 2. The van der Waals surface area contributed by atoms with E-state index in [9.17, 15) is 24.5 Å². The van der Waals surface area contributed by atoms with Gasteiger partial charge in [-0.3, -0.25) is 9.59 Å². The first-order valence-corrected chi connectivity index (χ1v) is 11.7. The van der Waals surface area contributed by atoms with Crippen LogP contribution in [-0.4, -0.2) is 37.9 Å². The van der Waals surface area contributed by atoms with Crippen LogP contribution in [0, 0.1) is 35.4 Å². The molecule has 0 saturated heterocycles. The topological polar surface area (TPSA) is 115 Å². The van der Waals surface area contributed by atoms with Gasteiger partial charge in [0, 0.05) is 19.7 Å². The highest BCUT2D eigenvalue weighted by atomic mass is 32.1. The van der Waals surface area contributed by atoms with Crippen molar-refractivity contribution in [2.24, 2.45) is 0 Å². The molecule has 8 nitrogen and oxygen atoms in total. The van der Waals surface area contributed by atoms with Crippen LogP contribution in [0.1, 0.15) is 31.9 Å². The predicted molar refractivity (Wildman–Crippen MR) is 138 cm³/mol. The van der Waals surface area contributed by atoms with Gasteiger partial charge in [-0.15, -0.1) is 11.3 Å². The Morgan fingerprint density at radius 2 is 1.86 bits per heavy atom. The Morgan fingerprint density at radius 1 is 1.16 bits per heavy atom. The molecule has 3 rings (SSSR count). The minimum absolute atomic E-state index is 0.104. The average Bonchev–Trinajstić information content (AvgIpc) is 3.20. The van der Waals surface area contributed by atoms with E-state index in [0.717, 1.165) is 11.3 Å². The lowest BCUT2D eigenvalue weighted by atomic mass is 10.1. The van der Waals surface area contributed by atoms with E-state index in [2.05, 4.69) is 5.32 Å². The lowest BCUT2D eigenvalue weighted by molar-refractivity contribution is -0.112. The minimum atomic E-state index is -0.718. The number of nitrogens with zero attached hydrogens (tertiary/aromatic N) is 3. The molecule has 3 aromatic rings. The molecule has 0 unspecified atom stereocenters. The van der Waals surface area contributed by atoms with Crippen LogP contribution in [0.3, 0.4) is 0 Å². The number of halogens is 1. The number of nitrogens with one attached hydrogen (secondary N) is 1. The van der Waals surface area contributed by atoms with E-state index in [1.165, 1.54) is 42.4 Å². The molecule has 37 heavy (non-hydrogen) atoms. The molecule has 188 valence electrons. The van der Waals surface area contributed by atoms with Gasteiger partial charge in [0.2, 0.25) is 0 Å². The van der Waals surface area contributed by atoms with E-state index in [1.54, 1.807) is 39.2 Å². The molecule has 0 atom stereocenters. The minimum Gasteiger partial charge on any atom is -0.496 e. The monoisotopic (exact) mass is 518 g/mol. The number of carbonyl (C=O) groups is 2. The molecule has 1 heterocycles. The fraction of sp³-hybridized carbons (Fsp3) is 0.185. The Balaban J connectivity index is 1.85. The summed E-state index contributed by atoms with van der Waals surface area (Å²) >= 11 is 0.984. The van der Waals surface area contributed by atoms with Crippen molar-refractivity contribution in [3.05, 3.63) is 81.0 Å². The summed E-state index contributed by atoms with van der Waals surface area (Å²) in [6.45, 7) is 1.74. The molecule has 0 aliphatic carbocycles. The Morgan fingerprint density at radius 3 is 2.46 bits per heavy atom. The van der Waals surface area contributed by atoms with Gasteiger partial charge in [0.1, 0.15) is 46.6 Å². The van der Waals surface area contributed by atoms with Gasteiger partial charge in [0.05, 0.1) is 17.6 Å². The number of rotatable bonds is 8. The molecule has 1 N–H and O–H groups in total. The van der Waals surface area contributed by atoms with Gasteiger partial charge in [-0.2, -0.15) is 10.5 Å². The molecule has 0 aliphatic rings. The third kappa shape index (κ3) is 6.31. The summed E-state index contributed by atoms with van der Waals surface area (Å²) < 4.78 is 24.2. The van der Waals surface area contributed by atoms with Gasteiger partial charge in [-0.25, -0.2) is 4.39 Å². The second kappa shape index (κ2) is 11.8. The van der Waals surface area contributed by atoms with Crippen LogP contribution in [0.2, 0.25) is 0 Å². The van der Waals surface area contributed by atoms with E-state index in [4.69, 9.17) is 9.47 Å². The summed E-state index contributed by atoms with van der Waals surface area (Å²) in [7, 11) is 4.69. The smallest absolute Gasteiger partial charge is 0.266 e. The molecule has 0 bridgehead atoms. The number of methoxy groups -OCH3 is 1. The standard InChI is InChI=1S/C27H23FN4O4S/c1-16-22(14-30)26(37-24(16)27(34)32(2)3)31-25(33)18(13-29)11-17-5-10-23(35-4)19(12-17)15-36-21-8-6-20(28)7-9-21/h5-12H,15H2,1-4H3,(H,31,33). The summed E-state index contributed by atoms with van der Waals surface area (Å²) in [5, 5.41) is 22.0. The zero-order valence-corrected chi connectivity index (χ0v) is 21.4. The number of hydrogen-bond donors (Lipinski definition) is 1. The van der Waals surface area contributed by atoms with Crippen LogP contribution < -0.4 is 14.8 Å². The van der Waals surface area contributed by atoms with Crippen molar-refractivity contribution < 1.29 is 23.5 Å². The number of carbonyl (C=O) groups excluding carboxylic acids is 2. The van der Waals surface area contributed by atoms with Crippen LogP contribution >= 0.6 is 11.3 Å². The maximum absolute atomic E-state index is 13.1. The van der Waals surface area contributed by atoms with Crippen LogP contribution in [0.15, 0.2) is 48.0 Å². The summed E-state index contributed by atoms with van der Waals surface area (Å²) in [4.78, 5) is 27.0. The van der Waals surface area contributed by atoms with Crippen molar-refractivity contribution >= 4 is 34.2 Å². The second-order valence-corrected chi connectivity index (χ2v) is 9.03. The van der Waals surface area contributed by atoms with E-state index < -0.39 is 5.91 Å². The number of hydrogen-bond acceptors (Lipinski definition) is 7. The summed E-state index contributed by atoms with van der Waals surface area (Å²) in [5.74, 6) is -0.381. The average molecular weight is 519 g/mol. The van der Waals surface area contributed by atoms with E-state index in [0.29, 0.717) is 33.1 Å². The molecule has 0 fully saturated rings. The molecule has 10 heteroatoms. The Hall–Kier alpha value is -4.67. The normalized spacial score (nSPS) is 10.7. The van der Waals surface area contributed by atoms with Gasteiger partial charge < -0.3 is 19.7 Å². The highest BCUT2D eigenvalue weighted by Crippen LogP contribution is 2.33. The lowest BCUT2D eigenvalue weighted by Crippen LogP contribution is -2.21.